The van der Waals surface area contributed by atoms with Crippen LogP contribution in [0.25, 0.3) is 0 Å². The third-order valence-corrected chi connectivity index (χ3v) is 23.1. The Bertz CT molecular complexity index is 3700. The Morgan fingerprint density at radius 1 is 0.326 bits per heavy atom. The van der Waals surface area contributed by atoms with Gasteiger partial charge in [0.15, 0.2) is 44.0 Å². The maximum absolute atomic E-state index is 13.7. The summed E-state index contributed by atoms with van der Waals surface area (Å²) in [7, 11) is 0. The number of nitrogens with one attached hydrogen (secondary N) is 6. The molecular formula is C72H118N6O51. The van der Waals surface area contributed by atoms with Crippen molar-refractivity contribution in [3.8, 4) is 0 Å². The van der Waals surface area contributed by atoms with Gasteiger partial charge < -0.3 is 245 Å². The predicted molar refractivity (Wildman–Crippen MR) is 400 cm³/mol. The number of rotatable bonds is 36. The number of amides is 6. The number of hydrogen-bond acceptors (Lipinski definition) is 49. The average molecular weight is 1880 g/mol. The summed E-state index contributed by atoms with van der Waals surface area (Å²) >= 11 is 0. The number of carbonyl (C=O) groups is 8. The highest BCUT2D eigenvalue weighted by molar-refractivity contribution is 5.78. The van der Waals surface area contributed by atoms with Gasteiger partial charge in [0.1, 0.15) is 201 Å². The molecule has 0 unspecified atom stereocenters. The molecule has 6 amide bonds. The third kappa shape index (κ3) is 24.1. The minimum absolute atomic E-state index is 0.838. The molecule has 0 bridgehead atoms. The number of carboxylic acids is 2. The second-order valence-corrected chi connectivity index (χ2v) is 32.5. The molecule has 57 nitrogen and oxygen atoms in total. The van der Waals surface area contributed by atoms with Crippen LogP contribution in [-0.2, 0) is 119 Å². The monoisotopic (exact) mass is 1880 g/mol. The van der Waals surface area contributed by atoms with E-state index < -0.39 is 400 Å². The largest absolute Gasteiger partial charge is 0.477 e. The summed E-state index contributed by atoms with van der Waals surface area (Å²) in [6, 6.07) is -11.7. The van der Waals surface area contributed by atoms with Gasteiger partial charge in [0.25, 0.3) is 11.6 Å². The summed E-state index contributed by atoms with van der Waals surface area (Å²) < 4.78 is 102. The minimum Gasteiger partial charge on any atom is -0.477 e. The highest BCUT2D eigenvalue weighted by Gasteiger charge is 2.64. The standard InChI is InChI=1S/C72H118N6O51/c1-18-41(95)51(105)52(106)66(115-18)127-61-60(126-63-37(75-21(4)87)49(103)44(98)29(12-81)117-63)46(100)31(14-83)119-68(61)124-56-40(78-24(7)90)65(118-30(13-82)45(56)99)125-59-48(102)34(17-114-72(70(111)112)9-26(92)36(74-20(3)86)58(129-72)43(97)28(94)11-80)121-67(53(59)107)122-54-32(15-84)120-64(38(50(54)104)76-22(5)88)123-55-39(77-23(6)89)62(108)116-33(47(55)101)16-113-71(69(109)110)8-25(91)35(73-19(2)85)57(128-71)42(96)27(93)10-79/h18,25-68,79-84,91-108H,8-17H2,1-7H3,(H,73,85)(H,74,86)(H,75,87)(H,76,88)(H,77,89)(H,78,90)(H,109,110)(H,111,112)/t18-,25-,26-,27+,28+,29+,30+,31+,32+,33+,34+,35+,36+,37+,38+,39+,40+,41+,42+,43+,44-,45+,46-,47-,48-,49+,50+,51+,52-,53+,54+,55+,56+,57+,58+,59-,60-,61+,62-,63+,64-,65-,66-,67-,68-,71+,72+/m0/s1. The van der Waals surface area contributed by atoms with Gasteiger partial charge in [-0.2, -0.15) is 0 Å². The zero-order chi connectivity index (χ0) is 95.9. The highest BCUT2D eigenvalue weighted by Crippen LogP contribution is 2.43. The number of carboxylic acid groups (broad SMARTS) is 2. The third-order valence-electron chi connectivity index (χ3n) is 23.1. The van der Waals surface area contributed by atoms with Crippen LogP contribution in [0, 0.1) is 0 Å². The average Bonchev–Trinajstić information content (AvgIpc) is 0.774. The predicted octanol–water partition coefficient (Wildman–Crippen LogP) is -20.3. The van der Waals surface area contributed by atoms with Crippen LogP contribution in [0.5, 0.6) is 0 Å². The molecule has 0 radical (unpaired) electrons. The van der Waals surface area contributed by atoms with Crippen molar-refractivity contribution in [2.24, 2.45) is 0 Å². The lowest BCUT2D eigenvalue weighted by molar-refractivity contribution is -0.401. The van der Waals surface area contributed by atoms with Crippen molar-refractivity contribution in [2.45, 2.75) is 348 Å². The van der Waals surface area contributed by atoms with Crippen molar-refractivity contribution in [3.05, 3.63) is 0 Å². The van der Waals surface area contributed by atoms with E-state index in [1.807, 2.05) is 0 Å². The molecule has 0 aromatic carbocycles. The Balaban J connectivity index is 1.09. The van der Waals surface area contributed by atoms with Crippen LogP contribution < -0.4 is 31.9 Å². The number of aliphatic hydroxyl groups excluding tert-OH is 24. The fourth-order valence-corrected chi connectivity index (χ4v) is 16.5. The van der Waals surface area contributed by atoms with Gasteiger partial charge in [-0.25, -0.2) is 9.59 Å². The van der Waals surface area contributed by atoms with Gasteiger partial charge in [0.2, 0.25) is 35.4 Å². The van der Waals surface area contributed by atoms with Crippen molar-refractivity contribution < 1.29 is 252 Å². The molecule has 129 heavy (non-hydrogen) atoms. The van der Waals surface area contributed by atoms with E-state index in [4.69, 9.17) is 80.5 Å². The molecule has 9 saturated heterocycles. The smallest absolute Gasteiger partial charge is 0.364 e. The summed E-state index contributed by atoms with van der Waals surface area (Å²) in [5.74, 6) is -16.6. The molecule has 0 aromatic heterocycles. The quantitative estimate of drug-likeness (QED) is 0.0277. The van der Waals surface area contributed by atoms with Gasteiger partial charge in [-0.3, -0.25) is 28.8 Å². The first-order valence-electron chi connectivity index (χ1n) is 40.7. The van der Waals surface area contributed by atoms with Crippen molar-refractivity contribution >= 4 is 47.4 Å². The zero-order valence-electron chi connectivity index (χ0n) is 69.9. The zero-order valence-corrected chi connectivity index (χ0v) is 69.9. The summed E-state index contributed by atoms with van der Waals surface area (Å²) in [5.41, 5.74) is 0. The summed E-state index contributed by atoms with van der Waals surface area (Å²) in [4.78, 5) is 104. The minimum atomic E-state index is -3.33. The maximum atomic E-state index is 13.7. The lowest BCUT2D eigenvalue weighted by atomic mass is 9.88. The molecule has 9 aliphatic heterocycles. The fraction of sp³-hybridized carbons (Fsp3) is 0.889. The number of ether oxygens (including phenoxy) is 17. The first kappa shape index (κ1) is 107. The topological polar surface area (TPSA) is 892 Å². The Morgan fingerprint density at radius 2 is 0.659 bits per heavy atom. The number of hydrogen-bond donors (Lipinski definition) is 32. The first-order valence-corrected chi connectivity index (χ1v) is 40.7. The molecule has 57 heteroatoms. The van der Waals surface area contributed by atoms with Crippen LogP contribution in [-0.4, -0.2) is 520 Å². The van der Waals surface area contributed by atoms with Crippen LogP contribution in [0.3, 0.4) is 0 Å². The van der Waals surface area contributed by atoms with Crippen molar-refractivity contribution in [1.29, 1.82) is 0 Å². The highest BCUT2D eigenvalue weighted by atomic mass is 16.8. The molecule has 0 aromatic rings. The molecular weight excluding hydrogens is 1760 g/mol. The lowest BCUT2D eigenvalue weighted by Gasteiger charge is -2.52. The summed E-state index contributed by atoms with van der Waals surface area (Å²) in [6.07, 6.45) is -89.4. The van der Waals surface area contributed by atoms with E-state index >= 15 is 0 Å². The fourth-order valence-electron chi connectivity index (χ4n) is 16.5. The van der Waals surface area contributed by atoms with Gasteiger partial charge in [-0.15, -0.1) is 0 Å². The first-order chi connectivity index (χ1) is 60.6. The Kier molecular flexibility index (Phi) is 37.8. The molecule has 32 N–H and O–H groups in total. The molecule has 0 spiro atoms. The molecule has 0 aliphatic carbocycles. The molecule has 9 heterocycles. The molecule has 9 fully saturated rings. The molecule has 9 rings (SSSR count). The number of aliphatic hydroxyl groups is 24. The number of aliphatic carboxylic acids is 2. The van der Waals surface area contributed by atoms with Crippen LogP contribution in [0.1, 0.15) is 61.3 Å². The number of carbonyl (C=O) groups excluding carboxylic acids is 6. The van der Waals surface area contributed by atoms with E-state index in [2.05, 4.69) is 31.9 Å². The Morgan fingerprint density at radius 3 is 1.12 bits per heavy atom. The van der Waals surface area contributed by atoms with Gasteiger partial charge in [-0.1, -0.05) is 0 Å². The Labute approximate surface area is 730 Å². The summed E-state index contributed by atoms with van der Waals surface area (Å²) in [5, 5.41) is 306. The van der Waals surface area contributed by atoms with E-state index in [-0.39, 0.29) is 0 Å². The lowest BCUT2D eigenvalue weighted by Crippen LogP contribution is -2.72. The second-order valence-electron chi connectivity index (χ2n) is 32.5. The van der Waals surface area contributed by atoms with Crippen molar-refractivity contribution in [2.75, 3.05) is 52.9 Å². The van der Waals surface area contributed by atoms with E-state index in [0.717, 1.165) is 41.5 Å². The van der Waals surface area contributed by atoms with Crippen LogP contribution in [0.4, 0.5) is 0 Å². The van der Waals surface area contributed by atoms with Gasteiger partial charge in [-0.05, 0) is 6.92 Å². The molecule has 742 valence electrons. The Hall–Kier alpha value is -5.88. The van der Waals surface area contributed by atoms with Crippen molar-refractivity contribution in [3.63, 3.8) is 0 Å². The van der Waals surface area contributed by atoms with Gasteiger partial charge >= 0.3 is 11.9 Å². The van der Waals surface area contributed by atoms with E-state index in [1.54, 1.807) is 0 Å². The van der Waals surface area contributed by atoms with Gasteiger partial charge in [0, 0.05) is 54.4 Å². The van der Waals surface area contributed by atoms with E-state index in [1.165, 1.54) is 6.92 Å². The van der Waals surface area contributed by atoms with Gasteiger partial charge in [0.05, 0.1) is 83.3 Å². The maximum Gasteiger partial charge on any atom is 0.364 e. The van der Waals surface area contributed by atoms with Crippen LogP contribution in [0.2, 0.25) is 0 Å². The SMILES string of the molecule is CC(=O)N[C@@H]1[C@@H](O[C@@H]2O[C@H](CO)[C@@H](O[C@@H]3O[C@H](CO[C@]4(C(=O)O)C[C@H](O)[C@@H](NC(C)=O)[C@H]([C@H](O)[C@H](O)CO)O4)[C@H](O)[C@H](O[C@@H]4O[C@H](CO)[C@@H](O)[C@H](O[C@@H]5O[C@H](CO)[C@H](O)[C@H](O[C@H]6O[C@H](CO)[C@H](O)[C@H](O)[C@H]6NC(C)=O)[C@H]5O[C@@H]5O[C@@H](C)[C@@H](O)[C@@H](O)[C@@H]5O)[C@H]4NC(C)=O)[C@H]3O)[C@H](O)[C@H]2NC(C)=O)[C@@H](O)[C@@H](CO[C@]2(C(=O)O)C[C@H](O)[C@@H](NC(C)=O)[C@H]([C@H](O)[C@H](O)CO)O2)O[C@@H]1O. The second kappa shape index (κ2) is 45.6. The summed E-state index contributed by atoms with van der Waals surface area (Å²) in [6.45, 7) is -3.52. The van der Waals surface area contributed by atoms with Crippen LogP contribution in [0.15, 0.2) is 0 Å². The molecule has 47 atom stereocenters. The van der Waals surface area contributed by atoms with Crippen molar-refractivity contribution in [1.82, 2.24) is 31.9 Å². The molecule has 0 saturated carbocycles. The van der Waals surface area contributed by atoms with E-state index in [0.29, 0.717) is 0 Å². The van der Waals surface area contributed by atoms with E-state index in [9.17, 15) is 171 Å². The van der Waals surface area contributed by atoms with Crippen LogP contribution >= 0.6 is 0 Å². The molecule has 9 aliphatic rings. The normalized spacial score (nSPS) is 44.9.